The van der Waals surface area contributed by atoms with Crippen LogP contribution in [0, 0.1) is 6.92 Å². The molecule has 1 aromatic carbocycles. The van der Waals surface area contributed by atoms with Crippen molar-refractivity contribution in [3.8, 4) is 0 Å². The van der Waals surface area contributed by atoms with E-state index < -0.39 is 0 Å². The van der Waals surface area contributed by atoms with Gasteiger partial charge in [-0.05, 0) is 25.5 Å². The molecule has 68 valence electrons. The Hall–Kier alpha value is -0.820. The van der Waals surface area contributed by atoms with E-state index in [-0.39, 0.29) is 0 Å². The van der Waals surface area contributed by atoms with Gasteiger partial charge in [-0.2, -0.15) is 0 Å². The lowest BCUT2D eigenvalue weighted by molar-refractivity contribution is 0.968. The lowest BCUT2D eigenvalue weighted by atomic mass is 10.1. The molecule has 12 heavy (non-hydrogen) atoms. The first-order valence-electron chi connectivity index (χ1n) is 4.58. The van der Waals surface area contributed by atoms with Crippen molar-refractivity contribution in [3.05, 3.63) is 35.4 Å². The van der Waals surface area contributed by atoms with Gasteiger partial charge in [0.1, 0.15) is 0 Å². The summed E-state index contributed by atoms with van der Waals surface area (Å²) in [6.07, 6.45) is 0.986. The van der Waals surface area contributed by atoms with Gasteiger partial charge in [0.2, 0.25) is 0 Å². The van der Waals surface area contributed by atoms with E-state index in [1.165, 1.54) is 11.1 Å². The van der Waals surface area contributed by atoms with Crippen molar-refractivity contribution in [1.82, 2.24) is 0 Å². The molecule has 0 bridgehead atoms. The molecule has 0 aromatic heterocycles. The van der Waals surface area contributed by atoms with Crippen LogP contribution in [-0.4, -0.2) is 6.54 Å². The average molecular weight is 165 g/mol. The predicted octanol–water partition coefficient (Wildman–Crippen LogP) is 2.52. The minimum absolute atomic E-state index is 0.739. The van der Waals surface area contributed by atoms with Crippen molar-refractivity contribution in [2.24, 2.45) is 5.73 Å². The molecule has 1 aromatic rings. The van der Waals surface area contributed by atoms with Crippen LogP contribution in [0.2, 0.25) is 0 Å². The van der Waals surface area contributed by atoms with Crippen molar-refractivity contribution >= 4 is 0 Å². The van der Waals surface area contributed by atoms with Crippen LogP contribution < -0.4 is 5.73 Å². The van der Waals surface area contributed by atoms with Gasteiger partial charge in [-0.25, -0.2) is 0 Å². The monoisotopic (exact) mass is 165 g/mol. The number of hydrogen-bond acceptors (Lipinski definition) is 1. The third kappa shape index (κ3) is 4.14. The Kier molecular flexibility index (Phi) is 6.39. The fraction of sp³-hybridized carbons (Fsp3) is 0.455. The van der Waals surface area contributed by atoms with Gasteiger partial charge in [0, 0.05) is 0 Å². The Morgan fingerprint density at radius 3 is 2.00 bits per heavy atom. The van der Waals surface area contributed by atoms with Crippen LogP contribution in [0.25, 0.3) is 0 Å². The topological polar surface area (TPSA) is 26.0 Å². The summed E-state index contributed by atoms with van der Waals surface area (Å²) in [5.74, 6) is 0. The van der Waals surface area contributed by atoms with Crippen LogP contribution in [0.1, 0.15) is 25.0 Å². The third-order valence-electron chi connectivity index (χ3n) is 1.55. The van der Waals surface area contributed by atoms with E-state index in [1.54, 1.807) is 0 Å². The Morgan fingerprint density at radius 2 is 1.58 bits per heavy atom. The molecule has 0 radical (unpaired) electrons. The molecule has 1 nitrogen and oxygen atoms in total. The summed E-state index contributed by atoms with van der Waals surface area (Å²) in [6, 6.07) is 8.49. The molecule has 0 aliphatic rings. The zero-order chi connectivity index (χ0) is 9.40. The Labute approximate surface area is 75.6 Å². The average Bonchev–Trinajstić information content (AvgIpc) is 2.13. The maximum Gasteiger partial charge on any atom is -0.00367 e. The van der Waals surface area contributed by atoms with Crippen LogP contribution >= 0.6 is 0 Å². The summed E-state index contributed by atoms with van der Waals surface area (Å²) in [5, 5.41) is 0. The van der Waals surface area contributed by atoms with Crippen LogP contribution in [0.5, 0.6) is 0 Å². The lowest BCUT2D eigenvalue weighted by Gasteiger charge is -1.97. The van der Waals surface area contributed by atoms with E-state index in [9.17, 15) is 0 Å². The van der Waals surface area contributed by atoms with Crippen LogP contribution in [0.15, 0.2) is 24.3 Å². The van der Waals surface area contributed by atoms with Gasteiger partial charge in [-0.15, -0.1) is 0 Å². The summed E-state index contributed by atoms with van der Waals surface area (Å²) >= 11 is 0. The van der Waals surface area contributed by atoms with Crippen LogP contribution in [0.3, 0.4) is 0 Å². The second kappa shape index (κ2) is 6.86. The fourth-order valence-electron chi connectivity index (χ4n) is 0.921. The summed E-state index contributed by atoms with van der Waals surface area (Å²) in [5.41, 5.74) is 8.03. The zero-order valence-corrected chi connectivity index (χ0v) is 8.30. The fourth-order valence-corrected chi connectivity index (χ4v) is 0.921. The molecule has 0 aliphatic carbocycles. The first kappa shape index (κ1) is 11.2. The van der Waals surface area contributed by atoms with Crippen molar-refractivity contribution in [2.75, 3.05) is 6.54 Å². The number of aryl methyl sites for hydroxylation is 1. The SMILES string of the molecule is CC.Cc1ccc(CCN)cc1. The van der Waals surface area contributed by atoms with Gasteiger partial charge >= 0.3 is 0 Å². The van der Waals surface area contributed by atoms with Gasteiger partial charge in [-0.1, -0.05) is 43.7 Å². The lowest BCUT2D eigenvalue weighted by Crippen LogP contribution is -2.02. The molecule has 0 aliphatic heterocycles. The minimum Gasteiger partial charge on any atom is -0.330 e. The van der Waals surface area contributed by atoms with Gasteiger partial charge in [0.15, 0.2) is 0 Å². The highest BCUT2D eigenvalue weighted by molar-refractivity contribution is 5.21. The van der Waals surface area contributed by atoms with Crippen molar-refractivity contribution < 1.29 is 0 Å². The molecule has 0 saturated carbocycles. The van der Waals surface area contributed by atoms with E-state index in [0.29, 0.717) is 0 Å². The molecule has 2 N–H and O–H groups in total. The maximum atomic E-state index is 5.40. The molecule has 0 spiro atoms. The van der Waals surface area contributed by atoms with Gasteiger partial charge < -0.3 is 5.73 Å². The molecule has 1 rings (SSSR count). The molecule has 1 heteroatoms. The number of hydrogen-bond donors (Lipinski definition) is 1. The molecule has 0 saturated heterocycles. The summed E-state index contributed by atoms with van der Waals surface area (Å²) in [6.45, 7) is 6.83. The standard InChI is InChI=1S/C9H13N.C2H6/c1-8-2-4-9(5-3-8)6-7-10;1-2/h2-5H,6-7,10H2,1H3;1-2H3. The summed E-state index contributed by atoms with van der Waals surface area (Å²) in [4.78, 5) is 0. The van der Waals surface area contributed by atoms with Crippen molar-refractivity contribution in [2.45, 2.75) is 27.2 Å². The highest BCUT2D eigenvalue weighted by Gasteiger charge is 1.88. The first-order valence-corrected chi connectivity index (χ1v) is 4.58. The summed E-state index contributed by atoms with van der Waals surface area (Å²) < 4.78 is 0. The van der Waals surface area contributed by atoms with Gasteiger partial charge in [0.05, 0.1) is 0 Å². The molecule has 0 unspecified atom stereocenters. The quantitative estimate of drug-likeness (QED) is 0.716. The Bertz CT molecular complexity index is 189. The van der Waals surface area contributed by atoms with Crippen molar-refractivity contribution in [3.63, 3.8) is 0 Å². The highest BCUT2D eigenvalue weighted by Crippen LogP contribution is 2.02. The Morgan fingerprint density at radius 1 is 1.08 bits per heavy atom. The number of rotatable bonds is 2. The minimum atomic E-state index is 0.739. The van der Waals surface area contributed by atoms with E-state index >= 15 is 0 Å². The van der Waals surface area contributed by atoms with Gasteiger partial charge in [0.25, 0.3) is 0 Å². The van der Waals surface area contributed by atoms with E-state index in [4.69, 9.17) is 5.73 Å². The second-order valence-corrected chi connectivity index (χ2v) is 2.52. The zero-order valence-electron chi connectivity index (χ0n) is 8.30. The van der Waals surface area contributed by atoms with Gasteiger partial charge in [-0.3, -0.25) is 0 Å². The second-order valence-electron chi connectivity index (χ2n) is 2.52. The molecule has 0 atom stereocenters. The molecule has 0 heterocycles. The maximum absolute atomic E-state index is 5.40. The smallest absolute Gasteiger partial charge is 0.00367 e. The molecule has 0 fully saturated rings. The largest absolute Gasteiger partial charge is 0.330 e. The predicted molar refractivity (Wildman–Crippen MR) is 55.3 cm³/mol. The molecular formula is C11H19N. The van der Waals surface area contributed by atoms with Crippen LogP contribution in [0.4, 0.5) is 0 Å². The number of nitrogens with two attached hydrogens (primary N) is 1. The first-order chi connectivity index (χ1) is 5.83. The van der Waals surface area contributed by atoms with Crippen LogP contribution in [-0.2, 0) is 6.42 Å². The van der Waals surface area contributed by atoms with E-state index in [1.807, 2.05) is 13.8 Å². The molecule has 0 amide bonds. The molecular weight excluding hydrogens is 146 g/mol. The normalized spacial score (nSPS) is 8.67. The van der Waals surface area contributed by atoms with E-state index in [0.717, 1.165) is 13.0 Å². The van der Waals surface area contributed by atoms with Crippen molar-refractivity contribution in [1.29, 1.82) is 0 Å². The third-order valence-corrected chi connectivity index (χ3v) is 1.55. The summed E-state index contributed by atoms with van der Waals surface area (Å²) in [7, 11) is 0. The number of benzene rings is 1. The van der Waals surface area contributed by atoms with E-state index in [2.05, 4.69) is 31.2 Å². The highest BCUT2D eigenvalue weighted by atomic mass is 14.5. The Balaban J connectivity index is 0.000000561.